The summed E-state index contributed by atoms with van der Waals surface area (Å²) in [5.74, 6) is 4.41. The van der Waals surface area contributed by atoms with Crippen LogP contribution in [0.5, 0.6) is 5.75 Å². The van der Waals surface area contributed by atoms with Crippen molar-refractivity contribution in [3.63, 3.8) is 0 Å². The van der Waals surface area contributed by atoms with Crippen molar-refractivity contribution in [3.8, 4) is 5.75 Å². The van der Waals surface area contributed by atoms with Gasteiger partial charge in [0.1, 0.15) is 17.4 Å². The highest BCUT2D eigenvalue weighted by Gasteiger charge is 2.41. The molecule has 2 atom stereocenters. The number of nitrogens with one attached hydrogen (secondary N) is 2. The van der Waals surface area contributed by atoms with Gasteiger partial charge >= 0.3 is 0 Å². The number of amidine groups is 1. The molecule has 2 saturated carbocycles. The molecule has 326 valence electrons. The maximum absolute atomic E-state index is 13.4. The molecule has 9 heteroatoms. The molecular formula is C51H74N6O3. The van der Waals surface area contributed by atoms with E-state index in [-0.39, 0.29) is 17.2 Å². The number of rotatable bonds is 20. The lowest BCUT2D eigenvalue weighted by Gasteiger charge is -2.47. The quantitative estimate of drug-likeness (QED) is 0.129. The number of piperazine rings is 1. The van der Waals surface area contributed by atoms with E-state index < -0.39 is 0 Å². The number of hydrogen-bond acceptors (Lipinski definition) is 7. The second-order valence-electron chi connectivity index (χ2n) is 18.7. The summed E-state index contributed by atoms with van der Waals surface area (Å²) in [6.45, 7) is 19.2. The van der Waals surface area contributed by atoms with Gasteiger partial charge < -0.3 is 20.3 Å². The second-order valence-corrected chi connectivity index (χ2v) is 18.7. The van der Waals surface area contributed by atoms with Crippen LogP contribution in [0.3, 0.4) is 0 Å². The van der Waals surface area contributed by atoms with Crippen LogP contribution in [0.15, 0.2) is 89.2 Å². The number of para-hydroxylation sites is 1. The first-order chi connectivity index (χ1) is 29.0. The Morgan fingerprint density at radius 2 is 1.63 bits per heavy atom. The van der Waals surface area contributed by atoms with E-state index in [1.807, 2.05) is 43.3 Å². The number of nitrogens with zero attached hydrogens (tertiary/aromatic N) is 4. The highest BCUT2D eigenvalue weighted by atomic mass is 16.5. The van der Waals surface area contributed by atoms with Crippen LogP contribution in [0, 0.1) is 23.2 Å². The topological polar surface area (TPSA) is 89.5 Å². The Bertz CT molecular complexity index is 1830. The summed E-state index contributed by atoms with van der Waals surface area (Å²) in [4.78, 5) is 37.9. The van der Waals surface area contributed by atoms with Crippen LogP contribution in [0.2, 0.25) is 0 Å². The van der Waals surface area contributed by atoms with Gasteiger partial charge in [-0.15, -0.1) is 0 Å². The number of methoxy groups -OCH3 is 1. The molecule has 6 rings (SSSR count). The molecule has 0 spiro atoms. The van der Waals surface area contributed by atoms with Crippen LogP contribution in [0.1, 0.15) is 124 Å². The number of ether oxygens (including phenoxy) is 1. The first-order valence-corrected chi connectivity index (χ1v) is 23.3. The fraction of sp³-hybridized carbons (Fsp3) is 0.588. The molecule has 0 radical (unpaired) electrons. The lowest BCUT2D eigenvalue weighted by Crippen LogP contribution is -2.46. The standard InChI is InChI=1S/C51H74N6O3/c1-7-8-14-21-45-39(3)32-49(59)57(43-19-15-13-16-20-43)50(45)54-40(4)53-46-23-22-44(34-47(46)60-6)56-28-26-55(27-29-56)25-18-12-10-9-11-17-24-52-48(58)37-51(5)35-41-30-38(2)31-42(33-41)36-51/h13,15-16,19-23,32,34,38,41-42,53H,4,7-12,14,17-18,24-31,33,35-37H2,1-3,5-6H3,(H,52,58)/b45-21-,54-50?. The van der Waals surface area contributed by atoms with Gasteiger partial charge in [0.25, 0.3) is 5.91 Å². The van der Waals surface area contributed by atoms with Gasteiger partial charge in [-0.25, -0.2) is 4.99 Å². The van der Waals surface area contributed by atoms with Crippen LogP contribution in [0.25, 0.3) is 0 Å². The van der Waals surface area contributed by atoms with Gasteiger partial charge in [-0.2, -0.15) is 0 Å². The van der Waals surface area contributed by atoms with E-state index in [0.29, 0.717) is 18.1 Å². The van der Waals surface area contributed by atoms with Crippen molar-refractivity contribution in [2.45, 2.75) is 124 Å². The second kappa shape index (κ2) is 21.9. The molecule has 3 fully saturated rings. The largest absolute Gasteiger partial charge is 0.494 e. The van der Waals surface area contributed by atoms with E-state index >= 15 is 0 Å². The molecule has 4 aliphatic rings. The number of allylic oxidation sites excluding steroid dienone is 1. The molecule has 2 N–H and O–H groups in total. The molecule has 2 amide bonds. The fourth-order valence-corrected chi connectivity index (χ4v) is 10.6. The lowest BCUT2D eigenvalue weighted by molar-refractivity contribution is -0.124. The van der Waals surface area contributed by atoms with E-state index in [1.165, 1.54) is 64.2 Å². The minimum Gasteiger partial charge on any atom is -0.494 e. The van der Waals surface area contributed by atoms with Crippen molar-refractivity contribution in [1.82, 2.24) is 10.2 Å². The summed E-state index contributed by atoms with van der Waals surface area (Å²) < 4.78 is 5.87. The van der Waals surface area contributed by atoms with E-state index in [1.54, 1.807) is 18.1 Å². The van der Waals surface area contributed by atoms with Crippen LogP contribution in [-0.4, -0.2) is 68.9 Å². The molecule has 2 aliphatic carbocycles. The number of fused-ring (bicyclic) bond motifs is 2. The van der Waals surface area contributed by atoms with Crippen LogP contribution < -0.4 is 25.2 Å². The zero-order valence-corrected chi connectivity index (χ0v) is 37.6. The van der Waals surface area contributed by atoms with Crippen LogP contribution >= 0.6 is 0 Å². The van der Waals surface area contributed by atoms with E-state index in [0.717, 1.165) is 117 Å². The first-order valence-electron chi connectivity index (χ1n) is 23.3. The Labute approximate surface area is 361 Å². The van der Waals surface area contributed by atoms with Gasteiger partial charge in [0.2, 0.25) is 5.91 Å². The van der Waals surface area contributed by atoms with Gasteiger partial charge in [-0.3, -0.25) is 19.4 Å². The minimum absolute atomic E-state index is 0.125. The number of carbonyl (C=O) groups is 2. The Morgan fingerprint density at radius 3 is 2.33 bits per heavy atom. The Balaban J connectivity index is 0.902. The average molecular weight is 819 g/mol. The highest BCUT2D eigenvalue weighted by molar-refractivity contribution is 6.30. The first kappa shape index (κ1) is 45.2. The maximum atomic E-state index is 13.4. The number of unbranched alkanes of at least 4 members (excludes halogenated alkanes) is 7. The van der Waals surface area contributed by atoms with Gasteiger partial charge in [0.15, 0.2) is 0 Å². The van der Waals surface area contributed by atoms with Gasteiger partial charge in [0.05, 0.1) is 18.5 Å². The predicted molar refractivity (Wildman–Crippen MR) is 250 cm³/mol. The molecule has 1 saturated heterocycles. The molecular weight excluding hydrogens is 745 g/mol. The molecule has 60 heavy (non-hydrogen) atoms. The zero-order chi connectivity index (χ0) is 42.5. The monoisotopic (exact) mass is 819 g/mol. The number of anilines is 3. The molecule has 2 aromatic carbocycles. The minimum atomic E-state index is -0.125. The molecule has 2 heterocycles. The van der Waals surface area contributed by atoms with E-state index in [4.69, 9.17) is 9.73 Å². The smallest absolute Gasteiger partial charge is 0.257 e. The summed E-state index contributed by atoms with van der Waals surface area (Å²) in [5, 5.41) is 6.63. The average Bonchev–Trinajstić information content (AvgIpc) is 3.21. The van der Waals surface area contributed by atoms with Crippen molar-refractivity contribution in [2.75, 3.05) is 61.5 Å². The van der Waals surface area contributed by atoms with E-state index in [9.17, 15) is 9.59 Å². The van der Waals surface area contributed by atoms with E-state index in [2.05, 4.69) is 66.0 Å². The van der Waals surface area contributed by atoms with Gasteiger partial charge in [-0.1, -0.05) is 90.2 Å². The third-order valence-electron chi connectivity index (χ3n) is 13.3. The number of carbonyl (C=O) groups excluding carboxylic acids is 2. The maximum Gasteiger partial charge on any atom is 0.257 e. The Kier molecular flexibility index (Phi) is 16.5. The summed E-state index contributed by atoms with van der Waals surface area (Å²) in [6, 6.07) is 15.9. The highest BCUT2D eigenvalue weighted by Crippen LogP contribution is 2.51. The zero-order valence-electron chi connectivity index (χ0n) is 37.6. The number of amides is 2. The normalized spacial score (nSPS) is 24.7. The van der Waals surface area contributed by atoms with Crippen molar-refractivity contribution < 1.29 is 14.3 Å². The predicted octanol–water partition coefficient (Wildman–Crippen LogP) is 10.9. The molecule has 0 aromatic heterocycles. The molecule has 9 nitrogen and oxygen atoms in total. The SMILES string of the molecule is C=C(N=C1/C(=C\CCCC)C(C)=CC(=O)N1c1ccccc1)Nc1ccc(N2CCN(CCCCCCCCNC(=O)CC3(C)CC4CC(C)CC(C4)C3)CC2)cc1OC. The number of benzene rings is 2. The summed E-state index contributed by atoms with van der Waals surface area (Å²) >= 11 is 0. The van der Waals surface area contributed by atoms with Crippen molar-refractivity contribution in [1.29, 1.82) is 0 Å². The third kappa shape index (κ3) is 12.6. The summed E-state index contributed by atoms with van der Waals surface area (Å²) in [7, 11) is 1.69. The Hall–Kier alpha value is -4.37. The van der Waals surface area contributed by atoms with Crippen molar-refractivity contribution in [3.05, 3.63) is 84.2 Å². The van der Waals surface area contributed by atoms with Gasteiger partial charge in [-0.05, 0) is 118 Å². The van der Waals surface area contributed by atoms with Crippen molar-refractivity contribution in [2.24, 2.45) is 28.2 Å². The van der Waals surface area contributed by atoms with Crippen molar-refractivity contribution >= 4 is 34.7 Å². The van der Waals surface area contributed by atoms with Crippen LogP contribution in [0.4, 0.5) is 17.1 Å². The molecule has 2 bridgehead atoms. The van der Waals surface area contributed by atoms with Crippen LogP contribution in [-0.2, 0) is 9.59 Å². The molecule has 2 unspecified atom stereocenters. The third-order valence-corrected chi connectivity index (χ3v) is 13.3. The molecule has 2 aliphatic heterocycles. The Morgan fingerprint density at radius 1 is 0.933 bits per heavy atom. The number of aliphatic imine (C=N–C) groups is 1. The summed E-state index contributed by atoms with van der Waals surface area (Å²) in [6.07, 6.45) is 21.6. The molecule has 2 aromatic rings. The summed E-state index contributed by atoms with van der Waals surface area (Å²) in [5.41, 5.74) is 4.73. The number of hydrogen-bond donors (Lipinski definition) is 2. The lowest BCUT2D eigenvalue weighted by atomic mass is 9.58. The fourth-order valence-electron chi connectivity index (χ4n) is 10.6. The van der Waals surface area contributed by atoms with Gasteiger partial charge in [0, 0.05) is 62.5 Å².